The number of carboxylic acids is 1. The first-order valence-electron chi connectivity index (χ1n) is 6.87. The van der Waals surface area contributed by atoms with E-state index in [1.807, 2.05) is 0 Å². The molecule has 1 saturated heterocycles. The summed E-state index contributed by atoms with van der Waals surface area (Å²) < 4.78 is 4.91. The molecule has 1 aromatic carbocycles. The number of hydrogen-bond acceptors (Lipinski definition) is 6. The van der Waals surface area contributed by atoms with Crippen LogP contribution in [0.15, 0.2) is 18.2 Å². The fourth-order valence-corrected chi connectivity index (χ4v) is 3.49. The molecule has 0 aliphatic carbocycles. The van der Waals surface area contributed by atoms with Gasteiger partial charge in [-0.1, -0.05) is 0 Å². The summed E-state index contributed by atoms with van der Waals surface area (Å²) in [6.45, 7) is 0.418. The molecule has 8 nitrogen and oxygen atoms in total. The topological polar surface area (TPSA) is 110 Å². The van der Waals surface area contributed by atoms with Crippen LogP contribution in [0.4, 0.5) is 5.69 Å². The summed E-state index contributed by atoms with van der Waals surface area (Å²) >= 11 is 1.59. The van der Waals surface area contributed by atoms with Gasteiger partial charge in [0.2, 0.25) is 0 Å². The zero-order chi connectivity index (χ0) is 17.0. The van der Waals surface area contributed by atoms with Gasteiger partial charge in [-0.05, 0) is 12.1 Å². The number of carboxylic acid groups (broad SMARTS) is 1. The number of amides is 1. The maximum absolute atomic E-state index is 12.6. The third kappa shape index (κ3) is 3.92. The fraction of sp³-hybridized carbons (Fsp3) is 0.429. The van der Waals surface area contributed by atoms with Crippen LogP contribution in [0.1, 0.15) is 16.8 Å². The van der Waals surface area contributed by atoms with Gasteiger partial charge in [-0.15, -0.1) is 0 Å². The van der Waals surface area contributed by atoms with E-state index in [2.05, 4.69) is 0 Å². The van der Waals surface area contributed by atoms with Crippen LogP contribution in [0.25, 0.3) is 0 Å². The molecule has 1 unspecified atom stereocenters. The second-order valence-corrected chi connectivity index (χ2v) is 6.12. The average molecular weight is 340 g/mol. The lowest BCUT2D eigenvalue weighted by Crippen LogP contribution is -2.47. The maximum atomic E-state index is 12.6. The Hall–Kier alpha value is -2.29. The number of aliphatic carboxylic acids is 1. The first kappa shape index (κ1) is 17.1. The van der Waals surface area contributed by atoms with E-state index in [0.29, 0.717) is 18.1 Å². The van der Waals surface area contributed by atoms with Gasteiger partial charge in [0.25, 0.3) is 5.91 Å². The number of methoxy groups -OCH3 is 1. The molecule has 124 valence electrons. The van der Waals surface area contributed by atoms with E-state index >= 15 is 0 Å². The predicted octanol–water partition coefficient (Wildman–Crippen LogP) is 1.64. The van der Waals surface area contributed by atoms with Gasteiger partial charge in [0, 0.05) is 29.7 Å². The van der Waals surface area contributed by atoms with Crippen LogP contribution in [0.5, 0.6) is 5.75 Å². The third-order valence-electron chi connectivity index (χ3n) is 3.52. The lowest BCUT2D eigenvalue weighted by atomic mass is 10.1. The number of nitro benzene ring substituents is 1. The van der Waals surface area contributed by atoms with Crippen LogP contribution in [0, 0.1) is 10.1 Å². The van der Waals surface area contributed by atoms with E-state index < -0.39 is 22.8 Å². The summed E-state index contributed by atoms with van der Waals surface area (Å²) in [6, 6.07) is 3.57. The van der Waals surface area contributed by atoms with Gasteiger partial charge in [-0.3, -0.25) is 19.7 Å². The average Bonchev–Trinajstić information content (AvgIpc) is 2.53. The van der Waals surface area contributed by atoms with Crippen molar-refractivity contribution < 1.29 is 24.4 Å². The Labute approximate surface area is 136 Å². The zero-order valence-electron chi connectivity index (χ0n) is 12.4. The lowest BCUT2D eigenvalue weighted by Gasteiger charge is -2.34. The summed E-state index contributed by atoms with van der Waals surface area (Å²) in [5, 5.41) is 20.0. The monoisotopic (exact) mass is 340 g/mol. The van der Waals surface area contributed by atoms with Crippen molar-refractivity contribution in [2.45, 2.75) is 12.5 Å². The van der Waals surface area contributed by atoms with Crippen molar-refractivity contribution in [2.75, 3.05) is 25.2 Å². The van der Waals surface area contributed by atoms with Gasteiger partial charge in [-0.2, -0.15) is 11.8 Å². The standard InChI is InChI=1S/C14H16N2O6S/c1-22-12-3-2-9(6-11(12)16(20)21)14(19)15-4-5-23-8-10(15)7-13(17)18/h2-3,6,10H,4-5,7-8H2,1H3,(H,17,18). The lowest BCUT2D eigenvalue weighted by molar-refractivity contribution is -0.385. The highest BCUT2D eigenvalue weighted by atomic mass is 32.2. The Bertz CT molecular complexity index is 636. The van der Waals surface area contributed by atoms with Crippen molar-refractivity contribution in [1.82, 2.24) is 4.90 Å². The first-order valence-corrected chi connectivity index (χ1v) is 8.02. The number of carbonyl (C=O) groups excluding carboxylic acids is 1. The number of ether oxygens (including phenoxy) is 1. The molecule has 0 bridgehead atoms. The van der Waals surface area contributed by atoms with Crippen molar-refractivity contribution >= 4 is 29.3 Å². The van der Waals surface area contributed by atoms with Crippen LogP contribution in [0.3, 0.4) is 0 Å². The van der Waals surface area contributed by atoms with Gasteiger partial charge in [0.05, 0.1) is 24.5 Å². The Morgan fingerprint density at radius 2 is 2.26 bits per heavy atom. The van der Waals surface area contributed by atoms with Crippen LogP contribution < -0.4 is 4.74 Å². The highest BCUT2D eigenvalue weighted by molar-refractivity contribution is 7.99. The SMILES string of the molecule is COc1ccc(C(=O)N2CCSCC2CC(=O)O)cc1[N+](=O)[O-]. The number of nitro groups is 1. The Morgan fingerprint density at radius 3 is 2.87 bits per heavy atom. The number of rotatable bonds is 5. The molecule has 1 fully saturated rings. The van der Waals surface area contributed by atoms with E-state index in [1.165, 1.54) is 30.2 Å². The number of benzene rings is 1. The smallest absolute Gasteiger partial charge is 0.311 e. The summed E-state index contributed by atoms with van der Waals surface area (Å²) in [5.74, 6) is -0.0581. The van der Waals surface area contributed by atoms with Crippen molar-refractivity contribution in [2.24, 2.45) is 0 Å². The van der Waals surface area contributed by atoms with Crippen molar-refractivity contribution in [3.8, 4) is 5.75 Å². The minimum Gasteiger partial charge on any atom is -0.490 e. The number of hydrogen-bond donors (Lipinski definition) is 1. The van der Waals surface area contributed by atoms with Crippen molar-refractivity contribution in [3.05, 3.63) is 33.9 Å². The second-order valence-electron chi connectivity index (χ2n) is 4.97. The van der Waals surface area contributed by atoms with E-state index in [9.17, 15) is 19.7 Å². The Balaban J connectivity index is 2.29. The quantitative estimate of drug-likeness (QED) is 0.641. The van der Waals surface area contributed by atoms with Crippen molar-refractivity contribution in [1.29, 1.82) is 0 Å². The van der Waals surface area contributed by atoms with E-state index in [-0.39, 0.29) is 23.4 Å². The summed E-state index contributed by atoms with van der Waals surface area (Å²) in [5.41, 5.74) is -0.140. The van der Waals surface area contributed by atoms with Gasteiger partial charge in [0.1, 0.15) is 0 Å². The highest BCUT2D eigenvalue weighted by Crippen LogP contribution is 2.29. The van der Waals surface area contributed by atoms with Crippen LogP contribution in [0.2, 0.25) is 0 Å². The molecular formula is C14H16N2O6S. The molecule has 0 radical (unpaired) electrons. The largest absolute Gasteiger partial charge is 0.490 e. The molecule has 0 saturated carbocycles. The predicted molar refractivity (Wildman–Crippen MR) is 84.1 cm³/mol. The molecule has 0 aromatic heterocycles. The third-order valence-corrected chi connectivity index (χ3v) is 4.61. The summed E-state index contributed by atoms with van der Waals surface area (Å²) in [4.78, 5) is 35.5. The normalized spacial score (nSPS) is 17.6. The molecule has 1 heterocycles. The molecule has 9 heteroatoms. The van der Waals surface area contributed by atoms with Crippen LogP contribution >= 0.6 is 11.8 Å². The molecule has 23 heavy (non-hydrogen) atoms. The Kier molecular flexibility index (Phi) is 5.43. The summed E-state index contributed by atoms with van der Waals surface area (Å²) in [7, 11) is 1.31. The van der Waals surface area contributed by atoms with E-state index in [1.54, 1.807) is 11.8 Å². The molecule has 1 aliphatic rings. The summed E-state index contributed by atoms with van der Waals surface area (Å²) in [6.07, 6.45) is -0.142. The minimum absolute atomic E-state index is 0.0721. The molecule has 0 spiro atoms. The van der Waals surface area contributed by atoms with Crippen LogP contribution in [-0.4, -0.2) is 58.0 Å². The number of carbonyl (C=O) groups is 2. The number of nitrogens with zero attached hydrogens (tertiary/aromatic N) is 2. The number of thioether (sulfide) groups is 1. The molecular weight excluding hydrogens is 324 g/mol. The molecule has 1 amide bonds. The van der Waals surface area contributed by atoms with Gasteiger partial charge < -0.3 is 14.7 Å². The first-order chi connectivity index (χ1) is 10.9. The van der Waals surface area contributed by atoms with Crippen LogP contribution in [-0.2, 0) is 4.79 Å². The Morgan fingerprint density at radius 1 is 1.52 bits per heavy atom. The zero-order valence-corrected chi connectivity index (χ0v) is 13.2. The van der Waals surface area contributed by atoms with Gasteiger partial charge in [0.15, 0.2) is 5.75 Å². The molecule has 1 aromatic rings. The highest BCUT2D eigenvalue weighted by Gasteiger charge is 2.30. The fourth-order valence-electron chi connectivity index (χ4n) is 2.42. The molecule has 1 aliphatic heterocycles. The molecule has 1 atom stereocenters. The van der Waals surface area contributed by atoms with Gasteiger partial charge >= 0.3 is 11.7 Å². The maximum Gasteiger partial charge on any atom is 0.311 e. The van der Waals surface area contributed by atoms with E-state index in [4.69, 9.17) is 9.84 Å². The molecule has 1 N–H and O–H groups in total. The second kappa shape index (κ2) is 7.32. The van der Waals surface area contributed by atoms with Crippen molar-refractivity contribution in [3.63, 3.8) is 0 Å². The van der Waals surface area contributed by atoms with Gasteiger partial charge in [-0.25, -0.2) is 0 Å². The molecule has 2 rings (SSSR count). The minimum atomic E-state index is -0.976. The van der Waals surface area contributed by atoms with E-state index in [0.717, 1.165) is 0 Å².